The Hall–Kier alpha value is -1.93. The van der Waals surface area contributed by atoms with Crippen molar-refractivity contribution < 1.29 is 23.1 Å². The summed E-state index contributed by atoms with van der Waals surface area (Å²) < 4.78 is 27.0. The van der Waals surface area contributed by atoms with E-state index in [1.54, 1.807) is 23.1 Å². The van der Waals surface area contributed by atoms with Crippen LogP contribution in [0, 0.1) is 5.92 Å². The average Bonchev–Trinajstić information content (AvgIpc) is 2.98. The van der Waals surface area contributed by atoms with E-state index in [-0.39, 0.29) is 23.9 Å². The summed E-state index contributed by atoms with van der Waals surface area (Å²) in [6.45, 7) is 2.44. The molecule has 0 radical (unpaired) electrons. The molecule has 0 aliphatic carbocycles. The predicted octanol–water partition coefficient (Wildman–Crippen LogP) is 1.08. The molecule has 130 valence electrons. The van der Waals surface area contributed by atoms with Crippen molar-refractivity contribution in [1.82, 2.24) is 4.31 Å². The second-order valence-electron chi connectivity index (χ2n) is 6.23. The molecule has 3 rings (SSSR count). The molecule has 7 nitrogen and oxygen atoms in total. The van der Waals surface area contributed by atoms with E-state index in [4.69, 9.17) is 5.11 Å². The molecule has 0 atom stereocenters. The molecule has 1 fully saturated rings. The highest BCUT2D eigenvalue weighted by Gasteiger charge is 2.33. The minimum atomic E-state index is -3.68. The van der Waals surface area contributed by atoms with Crippen LogP contribution in [0.1, 0.15) is 25.3 Å². The van der Waals surface area contributed by atoms with Gasteiger partial charge in [0.15, 0.2) is 0 Å². The van der Waals surface area contributed by atoms with Gasteiger partial charge in [0.1, 0.15) is 0 Å². The van der Waals surface area contributed by atoms with Crippen molar-refractivity contribution in [3.63, 3.8) is 0 Å². The van der Waals surface area contributed by atoms with Gasteiger partial charge in [-0.25, -0.2) is 8.42 Å². The number of nitrogens with zero attached hydrogens (tertiary/aromatic N) is 2. The number of hydrogen-bond acceptors (Lipinski definition) is 4. The molecule has 0 spiro atoms. The van der Waals surface area contributed by atoms with E-state index in [1.165, 1.54) is 11.2 Å². The third-order valence-electron chi connectivity index (χ3n) is 4.77. The highest BCUT2D eigenvalue weighted by Crippen LogP contribution is 2.32. The normalized spacial score (nSPS) is 19.3. The summed E-state index contributed by atoms with van der Waals surface area (Å²) in [6, 6.07) is 4.89. The van der Waals surface area contributed by atoms with Gasteiger partial charge in [-0.05, 0) is 37.0 Å². The van der Waals surface area contributed by atoms with Crippen LogP contribution >= 0.6 is 0 Å². The smallest absolute Gasteiger partial charge is 0.306 e. The third kappa shape index (κ3) is 2.91. The molecule has 8 heteroatoms. The molecule has 2 heterocycles. The summed E-state index contributed by atoms with van der Waals surface area (Å²) in [5.41, 5.74) is 1.62. The lowest BCUT2D eigenvalue weighted by molar-refractivity contribution is -0.142. The minimum absolute atomic E-state index is 0.106. The Bertz CT molecular complexity index is 782. The average molecular weight is 352 g/mol. The Balaban J connectivity index is 1.85. The third-order valence-corrected chi connectivity index (χ3v) is 6.67. The second-order valence-corrected chi connectivity index (χ2v) is 8.17. The zero-order valence-corrected chi connectivity index (χ0v) is 14.3. The number of aliphatic carboxylic acids is 1. The van der Waals surface area contributed by atoms with E-state index in [2.05, 4.69) is 0 Å². The van der Waals surface area contributed by atoms with Crippen LogP contribution in [-0.4, -0.2) is 49.3 Å². The second kappa shape index (κ2) is 6.18. The van der Waals surface area contributed by atoms with Gasteiger partial charge in [0.2, 0.25) is 15.9 Å². The van der Waals surface area contributed by atoms with Crippen molar-refractivity contribution in [1.29, 1.82) is 0 Å². The Morgan fingerprint density at radius 1 is 1.17 bits per heavy atom. The summed E-state index contributed by atoms with van der Waals surface area (Å²) in [4.78, 5) is 24.4. The Morgan fingerprint density at radius 2 is 1.83 bits per heavy atom. The lowest BCUT2D eigenvalue weighted by Crippen LogP contribution is -2.40. The number of sulfonamides is 1. The van der Waals surface area contributed by atoms with Gasteiger partial charge in [0.05, 0.1) is 10.8 Å². The number of carboxylic acid groups (broad SMARTS) is 1. The van der Waals surface area contributed by atoms with E-state index in [1.807, 2.05) is 0 Å². The lowest BCUT2D eigenvalue weighted by Gasteiger charge is -2.29. The summed E-state index contributed by atoms with van der Waals surface area (Å²) in [5, 5.41) is 9.03. The van der Waals surface area contributed by atoms with Crippen LogP contribution in [0.4, 0.5) is 5.69 Å². The number of benzene rings is 1. The van der Waals surface area contributed by atoms with Crippen molar-refractivity contribution >= 4 is 27.6 Å². The molecule has 0 saturated carbocycles. The quantitative estimate of drug-likeness (QED) is 0.878. The first-order valence-corrected chi connectivity index (χ1v) is 9.38. The first kappa shape index (κ1) is 16.9. The van der Waals surface area contributed by atoms with Gasteiger partial charge in [0.25, 0.3) is 0 Å². The van der Waals surface area contributed by atoms with Crippen molar-refractivity contribution in [3.05, 3.63) is 23.8 Å². The van der Waals surface area contributed by atoms with Crippen molar-refractivity contribution in [2.45, 2.75) is 31.1 Å². The van der Waals surface area contributed by atoms with Gasteiger partial charge in [-0.2, -0.15) is 4.31 Å². The number of carbonyl (C=O) groups excluding carboxylic acids is 1. The Morgan fingerprint density at radius 3 is 2.42 bits per heavy atom. The molecule has 0 aromatic heterocycles. The van der Waals surface area contributed by atoms with Crippen LogP contribution in [0.5, 0.6) is 0 Å². The number of hydrogen-bond donors (Lipinski definition) is 1. The number of anilines is 1. The van der Waals surface area contributed by atoms with E-state index < -0.39 is 21.9 Å². The van der Waals surface area contributed by atoms with E-state index >= 15 is 0 Å². The highest BCUT2D eigenvalue weighted by atomic mass is 32.2. The Kier molecular flexibility index (Phi) is 4.35. The number of fused-ring (bicyclic) bond motifs is 1. The molecule has 1 saturated heterocycles. The number of carbonyl (C=O) groups is 2. The predicted molar refractivity (Wildman–Crippen MR) is 87.3 cm³/mol. The molecule has 0 bridgehead atoms. The summed E-state index contributed by atoms with van der Waals surface area (Å²) in [7, 11) is -3.68. The van der Waals surface area contributed by atoms with Gasteiger partial charge >= 0.3 is 5.97 Å². The first-order valence-electron chi connectivity index (χ1n) is 7.94. The molecule has 2 aliphatic rings. The number of piperidine rings is 1. The zero-order chi connectivity index (χ0) is 17.5. The number of rotatable bonds is 3. The standard InChI is InChI=1S/C16H20N2O5S/c1-11(19)18-9-6-12-2-3-14(10-15(12)18)24(22,23)17-7-4-13(5-8-17)16(20)21/h2-3,10,13H,4-9H2,1H3,(H,20,21). The van der Waals surface area contributed by atoms with Crippen LogP contribution in [0.25, 0.3) is 0 Å². The lowest BCUT2D eigenvalue weighted by atomic mass is 9.99. The van der Waals surface area contributed by atoms with Crippen LogP contribution in [-0.2, 0) is 26.0 Å². The summed E-state index contributed by atoms with van der Waals surface area (Å²) in [6.07, 6.45) is 1.36. The molecule has 2 aliphatic heterocycles. The maximum Gasteiger partial charge on any atom is 0.306 e. The van der Waals surface area contributed by atoms with E-state index in [0.29, 0.717) is 25.1 Å². The molecule has 1 aromatic carbocycles. The monoisotopic (exact) mass is 352 g/mol. The number of amides is 1. The number of carboxylic acids is 1. The minimum Gasteiger partial charge on any atom is -0.481 e. The molecular formula is C16H20N2O5S. The van der Waals surface area contributed by atoms with Crippen molar-refractivity contribution in [2.24, 2.45) is 5.92 Å². The van der Waals surface area contributed by atoms with E-state index in [9.17, 15) is 18.0 Å². The topological polar surface area (TPSA) is 95.0 Å². The van der Waals surface area contributed by atoms with Crippen molar-refractivity contribution in [2.75, 3.05) is 24.5 Å². The zero-order valence-electron chi connectivity index (χ0n) is 13.4. The van der Waals surface area contributed by atoms with Gasteiger partial charge in [-0.3, -0.25) is 9.59 Å². The maximum absolute atomic E-state index is 12.8. The van der Waals surface area contributed by atoms with Gasteiger partial charge < -0.3 is 10.0 Å². The molecule has 1 N–H and O–H groups in total. The molecular weight excluding hydrogens is 332 g/mol. The van der Waals surface area contributed by atoms with Crippen LogP contribution in [0.2, 0.25) is 0 Å². The van der Waals surface area contributed by atoms with Crippen LogP contribution < -0.4 is 4.90 Å². The van der Waals surface area contributed by atoms with Crippen LogP contribution in [0.3, 0.4) is 0 Å². The van der Waals surface area contributed by atoms with Crippen LogP contribution in [0.15, 0.2) is 23.1 Å². The largest absolute Gasteiger partial charge is 0.481 e. The fourth-order valence-corrected chi connectivity index (χ4v) is 4.83. The fraction of sp³-hybridized carbons (Fsp3) is 0.500. The fourth-order valence-electron chi connectivity index (χ4n) is 3.34. The summed E-state index contributed by atoms with van der Waals surface area (Å²) >= 11 is 0. The molecule has 24 heavy (non-hydrogen) atoms. The van der Waals surface area contributed by atoms with Crippen molar-refractivity contribution in [3.8, 4) is 0 Å². The highest BCUT2D eigenvalue weighted by molar-refractivity contribution is 7.89. The van der Waals surface area contributed by atoms with Gasteiger partial charge in [-0.1, -0.05) is 6.07 Å². The van der Waals surface area contributed by atoms with E-state index in [0.717, 1.165) is 12.0 Å². The maximum atomic E-state index is 12.8. The molecule has 1 aromatic rings. The SMILES string of the molecule is CC(=O)N1CCc2ccc(S(=O)(=O)N3CCC(C(=O)O)CC3)cc21. The molecule has 1 amide bonds. The van der Waals surface area contributed by atoms with Gasteiger partial charge in [0, 0.05) is 32.2 Å². The summed E-state index contributed by atoms with van der Waals surface area (Å²) in [5.74, 6) is -1.46. The first-order chi connectivity index (χ1) is 11.3. The Labute approximate surface area is 140 Å². The molecule has 0 unspecified atom stereocenters. The van der Waals surface area contributed by atoms with Gasteiger partial charge in [-0.15, -0.1) is 0 Å².